The van der Waals surface area contributed by atoms with Crippen LogP contribution in [-0.2, 0) is 22.7 Å². The second-order valence-electron chi connectivity index (χ2n) is 10.8. The normalized spacial score (nSPS) is 16.1. The quantitative estimate of drug-likeness (QED) is 0.215. The Hall–Kier alpha value is -5.03. The van der Waals surface area contributed by atoms with Gasteiger partial charge in [-0.05, 0) is 49.4 Å². The predicted molar refractivity (Wildman–Crippen MR) is 167 cm³/mol. The molecule has 5 aromatic rings. The van der Waals surface area contributed by atoms with Crippen molar-refractivity contribution in [3.05, 3.63) is 95.3 Å². The number of benzene rings is 3. The zero-order valence-corrected chi connectivity index (χ0v) is 24.7. The van der Waals surface area contributed by atoms with Gasteiger partial charge in [0.2, 0.25) is 18.6 Å². The maximum atomic E-state index is 14.3. The first-order valence-electron chi connectivity index (χ1n) is 14.6. The molecule has 10 nitrogen and oxygen atoms in total. The van der Waals surface area contributed by atoms with Gasteiger partial charge in [-0.2, -0.15) is 0 Å². The Labute approximate surface area is 257 Å². The Morgan fingerprint density at radius 3 is 2.73 bits per heavy atom. The topological polar surface area (TPSA) is 111 Å². The summed E-state index contributed by atoms with van der Waals surface area (Å²) in [6.07, 6.45) is 6.52. The molecule has 11 heteroatoms. The molecule has 2 aromatic heterocycles. The molecule has 1 aliphatic carbocycles. The van der Waals surface area contributed by atoms with E-state index in [0.717, 1.165) is 34.6 Å². The van der Waals surface area contributed by atoms with Gasteiger partial charge < -0.3 is 19.7 Å². The van der Waals surface area contributed by atoms with Crippen LogP contribution in [0, 0.1) is 5.92 Å². The Kier molecular flexibility index (Phi) is 7.76. The molecule has 2 aliphatic rings. The van der Waals surface area contributed by atoms with E-state index in [0.29, 0.717) is 29.1 Å². The highest BCUT2D eigenvalue weighted by molar-refractivity contribution is 7.09. The number of para-hydroxylation sites is 1. The van der Waals surface area contributed by atoms with E-state index in [9.17, 15) is 9.59 Å². The van der Waals surface area contributed by atoms with Crippen molar-refractivity contribution in [2.24, 2.45) is 5.92 Å². The molecule has 44 heavy (non-hydrogen) atoms. The van der Waals surface area contributed by atoms with Crippen LogP contribution in [0.1, 0.15) is 24.3 Å². The van der Waals surface area contributed by atoms with Crippen LogP contribution in [0.25, 0.3) is 22.3 Å². The van der Waals surface area contributed by atoms with Crippen molar-refractivity contribution >= 4 is 39.9 Å². The number of amides is 2. The summed E-state index contributed by atoms with van der Waals surface area (Å²) in [5, 5.41) is 14.3. The van der Waals surface area contributed by atoms with Crippen molar-refractivity contribution in [3.63, 3.8) is 0 Å². The summed E-state index contributed by atoms with van der Waals surface area (Å²) in [6, 6.07) is 22.0. The molecule has 0 saturated carbocycles. The number of carbonyl (C=O) groups is 2. The third-order valence-electron chi connectivity index (χ3n) is 7.95. The van der Waals surface area contributed by atoms with Crippen molar-refractivity contribution < 1.29 is 19.1 Å². The van der Waals surface area contributed by atoms with Crippen LogP contribution in [0.3, 0.4) is 0 Å². The number of thiazole rings is 1. The lowest BCUT2D eigenvalue weighted by Crippen LogP contribution is -2.52. The van der Waals surface area contributed by atoms with Crippen molar-refractivity contribution in [1.29, 1.82) is 0 Å². The fourth-order valence-corrected chi connectivity index (χ4v) is 6.57. The van der Waals surface area contributed by atoms with Crippen LogP contribution in [-0.4, -0.2) is 49.5 Å². The second-order valence-corrected chi connectivity index (χ2v) is 11.7. The number of anilines is 1. The number of aromatic nitrogens is 4. The predicted octanol–water partition coefficient (Wildman–Crippen LogP) is 5.68. The zero-order valence-electron chi connectivity index (χ0n) is 23.8. The molecule has 7 rings (SSSR count). The Morgan fingerprint density at radius 1 is 1.02 bits per heavy atom. The maximum absolute atomic E-state index is 14.3. The lowest BCUT2D eigenvalue weighted by Gasteiger charge is -2.36. The lowest BCUT2D eigenvalue weighted by molar-refractivity contribution is -0.142. The minimum absolute atomic E-state index is 0.0617. The first kappa shape index (κ1) is 27.8. The maximum Gasteiger partial charge on any atom is 0.247 e. The first-order chi connectivity index (χ1) is 21.6. The molecular formula is C33H30N6O4S. The highest BCUT2D eigenvalue weighted by Gasteiger charge is 2.37. The number of ether oxygens (including phenoxy) is 2. The molecule has 3 heterocycles. The number of rotatable bonds is 9. The van der Waals surface area contributed by atoms with Crippen molar-refractivity contribution in [2.75, 3.05) is 12.1 Å². The van der Waals surface area contributed by atoms with Gasteiger partial charge in [-0.3, -0.25) is 9.59 Å². The molecule has 1 N–H and O–H groups in total. The largest absolute Gasteiger partial charge is 0.454 e. The van der Waals surface area contributed by atoms with Crippen LogP contribution in [0.2, 0.25) is 0 Å². The number of nitrogens with one attached hydrogen (secondary N) is 1. The molecular weight excluding hydrogens is 576 g/mol. The van der Waals surface area contributed by atoms with E-state index in [1.165, 1.54) is 11.3 Å². The standard InChI is InChI=1S/C33H30N6O4S/c40-31(19-39-27-14-8-7-13-25(27)36-37-39)38(18-30-35-26(20-44-30)22-9-3-1-4-10-22)32(23-11-5-2-6-12-23)33(41)34-24-15-16-28-29(17-24)43-21-42-28/h1-5,7-10,13-17,20,23,32H,6,11-12,18-19,21H2,(H,34,41)/t23?,32-/m1/s1. The summed E-state index contributed by atoms with van der Waals surface area (Å²) in [7, 11) is 0. The number of carbonyl (C=O) groups excluding carboxylic acids is 2. The van der Waals surface area contributed by atoms with Crippen LogP contribution < -0.4 is 14.8 Å². The van der Waals surface area contributed by atoms with Gasteiger partial charge in [0.15, 0.2) is 11.5 Å². The number of hydrogen-bond donors (Lipinski definition) is 1. The summed E-state index contributed by atoms with van der Waals surface area (Å²) in [5.41, 5.74) is 3.86. The molecule has 1 aliphatic heterocycles. The van der Waals surface area contributed by atoms with Crippen LogP contribution in [0.5, 0.6) is 11.5 Å². The van der Waals surface area contributed by atoms with E-state index in [1.54, 1.807) is 27.8 Å². The highest BCUT2D eigenvalue weighted by Crippen LogP contribution is 2.35. The third kappa shape index (κ3) is 5.78. The van der Waals surface area contributed by atoms with Gasteiger partial charge in [-0.15, -0.1) is 16.4 Å². The summed E-state index contributed by atoms with van der Waals surface area (Å²) >= 11 is 1.48. The molecule has 0 saturated heterocycles. The van der Waals surface area contributed by atoms with Crippen LogP contribution in [0.4, 0.5) is 5.69 Å². The fourth-order valence-electron chi connectivity index (χ4n) is 5.77. The van der Waals surface area contributed by atoms with Crippen molar-refractivity contribution in [3.8, 4) is 22.8 Å². The number of allylic oxidation sites excluding steroid dienone is 2. The Morgan fingerprint density at radius 2 is 1.86 bits per heavy atom. The number of nitrogens with zero attached hydrogens (tertiary/aromatic N) is 5. The average molecular weight is 607 g/mol. The van der Waals surface area contributed by atoms with Crippen LogP contribution in [0.15, 0.2) is 90.3 Å². The minimum Gasteiger partial charge on any atom is -0.454 e. The summed E-state index contributed by atoms with van der Waals surface area (Å²) in [6.45, 7) is 0.262. The lowest BCUT2D eigenvalue weighted by atomic mass is 9.86. The van der Waals surface area contributed by atoms with E-state index in [2.05, 4.69) is 27.8 Å². The van der Waals surface area contributed by atoms with Gasteiger partial charge in [0.05, 0.1) is 17.8 Å². The molecule has 2 atom stereocenters. The molecule has 0 radical (unpaired) electrons. The van der Waals surface area contributed by atoms with E-state index in [1.807, 2.05) is 60.0 Å². The fraction of sp³-hybridized carbons (Fsp3) is 0.242. The number of hydrogen-bond acceptors (Lipinski definition) is 8. The molecule has 1 unspecified atom stereocenters. The van der Waals surface area contributed by atoms with Gasteiger partial charge in [0.25, 0.3) is 0 Å². The van der Waals surface area contributed by atoms with Crippen molar-refractivity contribution in [2.45, 2.75) is 38.4 Å². The summed E-state index contributed by atoms with van der Waals surface area (Å²) < 4.78 is 12.6. The number of fused-ring (bicyclic) bond motifs is 2. The molecule has 0 bridgehead atoms. The van der Waals surface area contributed by atoms with Gasteiger partial charge in [0, 0.05) is 22.7 Å². The zero-order chi connectivity index (χ0) is 29.9. The Balaban J connectivity index is 1.23. The highest BCUT2D eigenvalue weighted by atomic mass is 32.1. The van der Waals surface area contributed by atoms with Gasteiger partial charge >= 0.3 is 0 Å². The van der Waals surface area contributed by atoms with E-state index < -0.39 is 6.04 Å². The Bertz CT molecular complexity index is 1830. The van der Waals surface area contributed by atoms with Crippen molar-refractivity contribution in [1.82, 2.24) is 24.9 Å². The summed E-state index contributed by atoms with van der Waals surface area (Å²) in [5.74, 6) is 0.617. The average Bonchev–Trinajstić information content (AvgIpc) is 3.82. The summed E-state index contributed by atoms with van der Waals surface area (Å²) in [4.78, 5) is 35.1. The molecule has 0 fully saturated rings. The smallest absolute Gasteiger partial charge is 0.247 e. The monoisotopic (exact) mass is 606 g/mol. The molecule has 3 aromatic carbocycles. The second kappa shape index (κ2) is 12.3. The molecule has 222 valence electrons. The SMILES string of the molecule is O=C(Nc1ccc2c(c1)OCO2)[C@@H](C1CC=CCC1)N(Cc1nc(-c2ccccc2)cs1)C(=O)Cn1nnc2ccccc21. The van der Waals surface area contributed by atoms with E-state index in [4.69, 9.17) is 14.5 Å². The first-order valence-corrected chi connectivity index (χ1v) is 15.4. The van der Waals surface area contributed by atoms with E-state index >= 15 is 0 Å². The minimum atomic E-state index is -0.753. The van der Waals surface area contributed by atoms with Gasteiger partial charge in [-0.1, -0.05) is 59.8 Å². The third-order valence-corrected chi connectivity index (χ3v) is 8.79. The van der Waals surface area contributed by atoms with Gasteiger partial charge in [0.1, 0.15) is 23.1 Å². The molecule has 2 amide bonds. The molecule has 0 spiro atoms. The van der Waals surface area contributed by atoms with Crippen LogP contribution >= 0.6 is 11.3 Å². The van der Waals surface area contributed by atoms with Gasteiger partial charge in [-0.25, -0.2) is 9.67 Å². The van der Waals surface area contributed by atoms with E-state index in [-0.39, 0.29) is 37.6 Å².